The molecule has 14 nitrogen and oxygen atoms in total. The lowest BCUT2D eigenvalue weighted by Crippen LogP contribution is -2.36. The van der Waals surface area contributed by atoms with Gasteiger partial charge in [0.25, 0.3) is 5.91 Å². The number of nitrogens with one attached hydrogen (secondary N) is 2. The van der Waals surface area contributed by atoms with Gasteiger partial charge < -0.3 is 24.9 Å². The molecule has 0 spiro atoms. The molecule has 0 unspecified atom stereocenters. The van der Waals surface area contributed by atoms with Gasteiger partial charge in [-0.15, -0.1) is 0 Å². The van der Waals surface area contributed by atoms with E-state index in [1.807, 2.05) is 0 Å². The third-order valence-electron chi connectivity index (χ3n) is 6.58. The van der Waals surface area contributed by atoms with Crippen LogP contribution in [0, 0.1) is 5.92 Å². The molecule has 0 saturated carbocycles. The molecule has 1 aromatic heterocycles. The molecule has 2 aromatic carbocycles. The number of fused-ring (bicyclic) bond motifs is 2. The fourth-order valence-corrected chi connectivity index (χ4v) is 7.84. The minimum absolute atomic E-state index is 0.109. The molecule has 220 valence electrons. The number of carboxylic acid groups (broad SMARTS) is 1. The monoisotopic (exact) mass is 634 g/mol. The van der Waals surface area contributed by atoms with E-state index in [1.54, 1.807) is 12.1 Å². The number of rotatable bonds is 9. The van der Waals surface area contributed by atoms with Crippen molar-refractivity contribution in [2.24, 2.45) is 11.1 Å². The summed E-state index contributed by atoms with van der Waals surface area (Å²) in [5, 5.41) is 16.4. The lowest BCUT2D eigenvalue weighted by atomic mass is 9.83. The van der Waals surface area contributed by atoms with Crippen LogP contribution in [0.4, 0.5) is 5.69 Å². The van der Waals surface area contributed by atoms with E-state index in [9.17, 15) is 37.5 Å². The summed E-state index contributed by atoms with van der Waals surface area (Å²) in [5.74, 6) is -4.48. The number of hydrogen-bond donors (Lipinski definition) is 4. The fraction of sp³-hybridized carbons (Fsp3) is 0.240. The van der Waals surface area contributed by atoms with Crippen molar-refractivity contribution in [3.8, 4) is 11.5 Å². The van der Waals surface area contributed by atoms with Gasteiger partial charge in [-0.2, -0.15) is 0 Å². The molecule has 3 heterocycles. The number of sulfonamides is 1. The van der Waals surface area contributed by atoms with Crippen molar-refractivity contribution in [1.82, 2.24) is 9.88 Å². The van der Waals surface area contributed by atoms with Gasteiger partial charge in [0.15, 0.2) is 18.1 Å². The summed E-state index contributed by atoms with van der Waals surface area (Å²) in [6, 6.07) is 9.95. The number of benzene rings is 2. The normalized spacial score (nSPS) is 19.7. The zero-order chi connectivity index (χ0) is 30.3. The molecule has 0 aliphatic carbocycles. The number of imide groups is 1. The standard InChI is InChI=1S/C25H22N4O10S3/c1-38-15-8-11(2-7-14(15)39-10-16(30)27-12-3-5-13(6-4-12)42(26,36)37)18-19-21(40-22-20(18)41-25(35)28-22)24(34)29(23(19)33)9-17(31)32/h2-8,18-19,21H,9-10H2,1H3,(H,27,30)(H,28,35)(H,31,32)(H2,26,36,37)/t18-,19+,21-/m0/s1. The van der Waals surface area contributed by atoms with E-state index in [2.05, 4.69) is 10.3 Å². The zero-order valence-corrected chi connectivity index (χ0v) is 24.0. The predicted molar refractivity (Wildman–Crippen MR) is 149 cm³/mol. The molecule has 1 fully saturated rings. The molecule has 42 heavy (non-hydrogen) atoms. The second kappa shape index (κ2) is 11.2. The Kier molecular flexibility index (Phi) is 7.84. The fourth-order valence-electron chi connectivity index (χ4n) is 4.79. The first-order chi connectivity index (χ1) is 19.9. The summed E-state index contributed by atoms with van der Waals surface area (Å²) >= 11 is 1.93. The number of aromatic amines is 1. The predicted octanol–water partition coefficient (Wildman–Crippen LogP) is 0.786. The van der Waals surface area contributed by atoms with Gasteiger partial charge in [0, 0.05) is 16.5 Å². The summed E-state index contributed by atoms with van der Waals surface area (Å²) in [6.07, 6.45) is 0. The number of likely N-dealkylation sites (tertiary alicyclic amines) is 1. The number of aromatic nitrogens is 1. The molecule has 2 aliphatic rings. The molecule has 5 N–H and O–H groups in total. The highest BCUT2D eigenvalue weighted by molar-refractivity contribution is 8.00. The van der Waals surface area contributed by atoms with Gasteiger partial charge in [-0.05, 0) is 42.0 Å². The zero-order valence-electron chi connectivity index (χ0n) is 21.6. The van der Waals surface area contributed by atoms with Gasteiger partial charge in [-0.1, -0.05) is 29.2 Å². The SMILES string of the molecule is COc1cc([C@@H]2c3sc(=O)[nH]c3S[C@@H]3C(=O)N(CC(=O)O)C(=O)[C@H]23)ccc1OCC(=O)Nc1ccc(S(N)(=O)=O)cc1. The number of nitrogens with zero attached hydrogens (tertiary/aromatic N) is 1. The van der Waals surface area contributed by atoms with Gasteiger partial charge in [-0.25, -0.2) is 13.6 Å². The van der Waals surface area contributed by atoms with E-state index in [4.69, 9.17) is 14.6 Å². The second-order valence-electron chi connectivity index (χ2n) is 9.22. The van der Waals surface area contributed by atoms with Crippen LogP contribution in [0.15, 0.2) is 57.2 Å². The number of aliphatic carboxylic acids is 1. The Bertz CT molecular complexity index is 1770. The molecule has 0 bridgehead atoms. The number of thioether (sulfide) groups is 1. The first kappa shape index (κ1) is 29.3. The Morgan fingerprint density at radius 1 is 1.10 bits per heavy atom. The summed E-state index contributed by atoms with van der Waals surface area (Å²) in [6.45, 7) is -1.20. The maximum atomic E-state index is 13.3. The highest BCUT2D eigenvalue weighted by Gasteiger charge is 2.56. The van der Waals surface area contributed by atoms with Crippen molar-refractivity contribution in [2.75, 3.05) is 25.6 Å². The molecule has 3 aromatic rings. The van der Waals surface area contributed by atoms with Crippen molar-refractivity contribution in [1.29, 1.82) is 0 Å². The van der Waals surface area contributed by atoms with Crippen LogP contribution in [0.1, 0.15) is 16.4 Å². The minimum Gasteiger partial charge on any atom is -0.493 e. The van der Waals surface area contributed by atoms with Crippen LogP contribution in [0.5, 0.6) is 11.5 Å². The molecule has 1 saturated heterocycles. The Morgan fingerprint density at radius 2 is 1.81 bits per heavy atom. The second-order valence-corrected chi connectivity index (χ2v) is 13.0. The molecular weight excluding hydrogens is 612 g/mol. The van der Waals surface area contributed by atoms with Crippen molar-refractivity contribution in [3.63, 3.8) is 0 Å². The quantitative estimate of drug-likeness (QED) is 0.241. The number of ether oxygens (including phenoxy) is 2. The number of amides is 3. The highest BCUT2D eigenvalue weighted by Crippen LogP contribution is 2.53. The summed E-state index contributed by atoms with van der Waals surface area (Å²) in [5.41, 5.74) is 0.834. The van der Waals surface area contributed by atoms with Gasteiger partial charge in [0.05, 0.1) is 22.9 Å². The summed E-state index contributed by atoms with van der Waals surface area (Å²) < 4.78 is 33.9. The minimum atomic E-state index is -3.88. The maximum absolute atomic E-state index is 13.3. The molecular formula is C25H22N4O10S3. The largest absolute Gasteiger partial charge is 0.493 e. The lowest BCUT2D eigenvalue weighted by molar-refractivity contribution is -0.149. The molecule has 3 atom stereocenters. The smallest absolute Gasteiger partial charge is 0.323 e. The number of nitrogens with two attached hydrogens (primary N) is 1. The maximum Gasteiger partial charge on any atom is 0.323 e. The Labute approximate surface area is 245 Å². The van der Waals surface area contributed by atoms with Gasteiger partial charge in [0.2, 0.25) is 21.8 Å². The summed E-state index contributed by atoms with van der Waals surface area (Å²) in [4.78, 5) is 65.8. The molecule has 2 aliphatic heterocycles. The number of H-pyrrole nitrogens is 1. The first-order valence-electron chi connectivity index (χ1n) is 12.1. The summed E-state index contributed by atoms with van der Waals surface area (Å²) in [7, 11) is -2.51. The van der Waals surface area contributed by atoms with Crippen LogP contribution < -0.4 is 24.8 Å². The number of primary sulfonamides is 1. The number of carbonyl (C=O) groups is 4. The molecule has 5 rings (SSSR count). The van der Waals surface area contributed by atoms with Crippen LogP contribution >= 0.6 is 23.1 Å². The van der Waals surface area contributed by atoms with E-state index in [-0.39, 0.29) is 21.3 Å². The Morgan fingerprint density at radius 3 is 2.45 bits per heavy atom. The number of carboxylic acids is 1. The van der Waals surface area contributed by atoms with Crippen LogP contribution in [0.2, 0.25) is 0 Å². The van der Waals surface area contributed by atoms with E-state index in [0.717, 1.165) is 28.0 Å². The highest BCUT2D eigenvalue weighted by atomic mass is 32.2. The van der Waals surface area contributed by atoms with Crippen LogP contribution in [0.25, 0.3) is 0 Å². The van der Waals surface area contributed by atoms with E-state index >= 15 is 0 Å². The number of thiazole rings is 1. The third-order valence-corrected chi connectivity index (χ3v) is 9.91. The third kappa shape index (κ3) is 5.63. The Hall–Kier alpha value is -4.19. The lowest BCUT2D eigenvalue weighted by Gasteiger charge is -2.30. The molecule has 17 heteroatoms. The average Bonchev–Trinajstić information content (AvgIpc) is 3.42. The molecule has 0 radical (unpaired) electrons. The van der Waals surface area contributed by atoms with Crippen LogP contribution in [0.3, 0.4) is 0 Å². The van der Waals surface area contributed by atoms with Crippen LogP contribution in [-0.4, -0.2) is 72.6 Å². The van der Waals surface area contributed by atoms with E-state index < -0.39 is 64.0 Å². The van der Waals surface area contributed by atoms with Crippen molar-refractivity contribution in [2.45, 2.75) is 21.1 Å². The first-order valence-corrected chi connectivity index (χ1v) is 15.3. The van der Waals surface area contributed by atoms with Gasteiger partial charge in [-0.3, -0.25) is 28.9 Å². The van der Waals surface area contributed by atoms with Crippen LogP contribution in [-0.2, 0) is 29.2 Å². The topological polar surface area (TPSA) is 215 Å². The number of anilines is 1. The van der Waals surface area contributed by atoms with Crippen molar-refractivity contribution in [3.05, 3.63) is 62.6 Å². The number of carbonyl (C=O) groups excluding carboxylic acids is 3. The average molecular weight is 635 g/mol. The van der Waals surface area contributed by atoms with Gasteiger partial charge >= 0.3 is 10.8 Å². The number of methoxy groups -OCH3 is 1. The van der Waals surface area contributed by atoms with Crippen molar-refractivity contribution >= 4 is 62.5 Å². The van der Waals surface area contributed by atoms with Gasteiger partial charge in [0.1, 0.15) is 11.8 Å². The number of hydrogen-bond acceptors (Lipinski definition) is 11. The van der Waals surface area contributed by atoms with E-state index in [1.165, 1.54) is 37.4 Å². The Balaban J connectivity index is 1.37. The van der Waals surface area contributed by atoms with Crippen molar-refractivity contribution < 1.29 is 42.2 Å². The van der Waals surface area contributed by atoms with E-state index in [0.29, 0.717) is 21.2 Å². The molecule has 3 amide bonds.